The summed E-state index contributed by atoms with van der Waals surface area (Å²) in [6.45, 7) is 3.63. The average molecular weight is 421 g/mol. The fourth-order valence-corrected chi connectivity index (χ4v) is 7.48. The Hall–Kier alpha value is -1.91. The minimum atomic E-state index is -0.378. The van der Waals surface area contributed by atoms with E-state index in [-0.39, 0.29) is 11.2 Å². The van der Waals surface area contributed by atoms with Crippen molar-refractivity contribution in [2.24, 2.45) is 23.2 Å². The van der Waals surface area contributed by atoms with Gasteiger partial charge in [0.05, 0.1) is 20.3 Å². The second-order valence-corrected chi connectivity index (χ2v) is 10.3. The SMILES string of the molecule is COc1ccc([C@H]2C[C@]3(C)C(=O)CC=C3[C@@H]3CC=C4CC5(CC[C@@H]4[C@@H]23)OCCO5)cc1. The number of hydrogen-bond acceptors (Lipinski definition) is 4. The summed E-state index contributed by atoms with van der Waals surface area (Å²) in [5.74, 6) is 2.85. The van der Waals surface area contributed by atoms with E-state index in [4.69, 9.17) is 14.2 Å². The van der Waals surface area contributed by atoms with Crippen LogP contribution in [0.5, 0.6) is 5.75 Å². The molecular formula is C27H32O4. The molecule has 2 saturated carbocycles. The Bertz CT molecular complexity index is 952. The number of hydrogen-bond donors (Lipinski definition) is 0. The van der Waals surface area contributed by atoms with Crippen LogP contribution >= 0.6 is 0 Å². The zero-order valence-corrected chi connectivity index (χ0v) is 18.6. The van der Waals surface area contributed by atoms with Crippen LogP contribution in [-0.4, -0.2) is 31.9 Å². The molecule has 1 aromatic rings. The molecule has 4 aliphatic carbocycles. The maximum Gasteiger partial charge on any atom is 0.172 e. The summed E-state index contributed by atoms with van der Waals surface area (Å²) in [5, 5.41) is 0. The van der Waals surface area contributed by atoms with Gasteiger partial charge in [0.1, 0.15) is 11.5 Å². The highest BCUT2D eigenvalue weighted by Crippen LogP contribution is 2.63. The van der Waals surface area contributed by atoms with E-state index < -0.39 is 0 Å². The molecule has 0 amide bonds. The van der Waals surface area contributed by atoms with Crippen LogP contribution in [0, 0.1) is 23.2 Å². The van der Waals surface area contributed by atoms with Crippen LogP contribution in [0.1, 0.15) is 56.9 Å². The summed E-state index contributed by atoms with van der Waals surface area (Å²) < 4.78 is 17.5. The van der Waals surface area contributed by atoms with Crippen molar-refractivity contribution >= 4 is 5.78 Å². The molecule has 6 rings (SSSR count). The Labute approximate surface area is 184 Å². The lowest BCUT2D eigenvalue weighted by Gasteiger charge is -2.54. The number of ether oxygens (including phenoxy) is 3. The highest BCUT2D eigenvalue weighted by molar-refractivity contribution is 5.92. The molecule has 5 aliphatic rings. The Kier molecular flexibility index (Phi) is 4.49. The van der Waals surface area contributed by atoms with Gasteiger partial charge in [0.2, 0.25) is 0 Å². The summed E-state index contributed by atoms with van der Waals surface area (Å²) in [5.41, 5.74) is 4.01. The van der Waals surface area contributed by atoms with Gasteiger partial charge in [-0.2, -0.15) is 0 Å². The summed E-state index contributed by atoms with van der Waals surface area (Å²) in [4.78, 5) is 13.0. The third kappa shape index (κ3) is 2.91. The average Bonchev–Trinajstić information content (AvgIpc) is 3.37. The number of ketones is 1. The summed E-state index contributed by atoms with van der Waals surface area (Å²) >= 11 is 0. The molecular weight excluding hydrogens is 388 g/mol. The first-order chi connectivity index (χ1) is 15.0. The van der Waals surface area contributed by atoms with E-state index >= 15 is 0 Å². The van der Waals surface area contributed by atoms with Gasteiger partial charge in [0.25, 0.3) is 0 Å². The Morgan fingerprint density at radius 1 is 1.03 bits per heavy atom. The molecule has 0 unspecified atom stereocenters. The fraction of sp³-hybridized carbons (Fsp3) is 0.593. The van der Waals surface area contributed by atoms with Crippen molar-refractivity contribution < 1.29 is 19.0 Å². The number of carbonyl (C=O) groups excluding carboxylic acids is 1. The third-order valence-corrected chi connectivity index (χ3v) is 8.96. The highest BCUT2D eigenvalue weighted by atomic mass is 16.7. The first kappa shape index (κ1) is 19.8. The minimum absolute atomic E-state index is 0.301. The van der Waals surface area contributed by atoms with E-state index in [0.29, 0.717) is 49.1 Å². The Balaban J connectivity index is 1.40. The van der Waals surface area contributed by atoms with Crippen LogP contribution < -0.4 is 4.74 Å². The minimum Gasteiger partial charge on any atom is -0.497 e. The van der Waals surface area contributed by atoms with Crippen molar-refractivity contribution in [1.82, 2.24) is 0 Å². The zero-order valence-electron chi connectivity index (χ0n) is 18.6. The van der Waals surface area contributed by atoms with Crippen molar-refractivity contribution in [2.45, 2.75) is 57.2 Å². The first-order valence-corrected chi connectivity index (χ1v) is 11.9. The highest BCUT2D eigenvalue weighted by Gasteiger charge is 2.57. The third-order valence-electron chi connectivity index (χ3n) is 8.96. The summed E-state index contributed by atoms with van der Waals surface area (Å²) in [6, 6.07) is 8.60. The number of fused-ring (bicyclic) bond motifs is 5. The number of Topliss-reactive ketones (excluding diaryl/α,β-unsaturated/α-hetero) is 1. The van der Waals surface area contributed by atoms with Crippen molar-refractivity contribution in [1.29, 1.82) is 0 Å². The fourth-order valence-electron chi connectivity index (χ4n) is 7.48. The molecule has 0 bridgehead atoms. The molecule has 1 saturated heterocycles. The lowest BCUT2D eigenvalue weighted by molar-refractivity contribution is -0.175. The molecule has 5 atom stereocenters. The molecule has 1 spiro atoms. The van der Waals surface area contributed by atoms with E-state index in [0.717, 1.165) is 37.9 Å². The molecule has 1 heterocycles. The number of benzene rings is 1. The molecule has 1 aliphatic heterocycles. The predicted octanol–water partition coefficient (Wildman–Crippen LogP) is 5.19. The molecule has 4 nitrogen and oxygen atoms in total. The zero-order chi connectivity index (χ0) is 21.2. The standard InChI is InChI=1S/C27H32O4/c1-26-16-22(17-3-6-19(29-2)7-4-17)25-20-11-12-27(30-13-14-31-27)15-18(20)5-8-21(25)23(26)9-10-24(26)28/h3-7,9,20-22,25H,8,10-16H2,1-2H3/t20-,21-,22+,25+,26-/m0/s1. The van der Waals surface area contributed by atoms with Gasteiger partial charge in [0.15, 0.2) is 5.79 Å². The van der Waals surface area contributed by atoms with Gasteiger partial charge in [-0.15, -0.1) is 0 Å². The second-order valence-electron chi connectivity index (χ2n) is 10.3. The number of rotatable bonds is 2. The first-order valence-electron chi connectivity index (χ1n) is 11.9. The smallest absolute Gasteiger partial charge is 0.172 e. The topological polar surface area (TPSA) is 44.8 Å². The second kappa shape index (κ2) is 7.05. The van der Waals surface area contributed by atoms with E-state index in [2.05, 4.69) is 43.3 Å². The molecule has 1 aromatic carbocycles. The van der Waals surface area contributed by atoms with Gasteiger partial charge in [-0.3, -0.25) is 4.79 Å². The van der Waals surface area contributed by atoms with Crippen LogP contribution in [0.4, 0.5) is 0 Å². The Morgan fingerprint density at radius 2 is 1.81 bits per heavy atom. The van der Waals surface area contributed by atoms with Crippen molar-refractivity contribution in [3.8, 4) is 5.75 Å². The molecule has 31 heavy (non-hydrogen) atoms. The van der Waals surface area contributed by atoms with Gasteiger partial charge in [-0.1, -0.05) is 35.4 Å². The number of allylic oxidation sites excluding steroid dienone is 3. The lowest BCUT2D eigenvalue weighted by atomic mass is 9.50. The van der Waals surface area contributed by atoms with E-state index in [9.17, 15) is 4.79 Å². The maximum atomic E-state index is 13.0. The monoisotopic (exact) mass is 420 g/mol. The molecule has 0 aromatic heterocycles. The number of carbonyl (C=O) groups is 1. The molecule has 3 fully saturated rings. The maximum absolute atomic E-state index is 13.0. The normalized spacial score (nSPS) is 38.2. The summed E-state index contributed by atoms with van der Waals surface area (Å²) in [7, 11) is 1.71. The molecule has 0 N–H and O–H groups in total. The molecule has 164 valence electrons. The largest absolute Gasteiger partial charge is 0.497 e. The van der Waals surface area contributed by atoms with E-state index in [1.54, 1.807) is 7.11 Å². The van der Waals surface area contributed by atoms with Gasteiger partial charge < -0.3 is 14.2 Å². The predicted molar refractivity (Wildman–Crippen MR) is 118 cm³/mol. The Morgan fingerprint density at radius 3 is 2.55 bits per heavy atom. The van der Waals surface area contributed by atoms with Gasteiger partial charge >= 0.3 is 0 Å². The molecule has 0 radical (unpaired) electrons. The number of methoxy groups -OCH3 is 1. The summed E-state index contributed by atoms with van der Waals surface area (Å²) in [6.07, 6.45) is 10.3. The van der Waals surface area contributed by atoms with Gasteiger partial charge in [-0.05, 0) is 67.6 Å². The van der Waals surface area contributed by atoms with Crippen LogP contribution in [-0.2, 0) is 14.3 Å². The van der Waals surface area contributed by atoms with Gasteiger partial charge in [0, 0.05) is 24.7 Å². The van der Waals surface area contributed by atoms with Crippen molar-refractivity contribution in [3.63, 3.8) is 0 Å². The van der Waals surface area contributed by atoms with Crippen LogP contribution in [0.15, 0.2) is 47.6 Å². The van der Waals surface area contributed by atoms with E-state index in [1.165, 1.54) is 16.7 Å². The quantitative estimate of drug-likeness (QED) is 0.618. The molecule has 4 heteroatoms. The van der Waals surface area contributed by atoms with Crippen molar-refractivity contribution in [2.75, 3.05) is 20.3 Å². The van der Waals surface area contributed by atoms with Crippen molar-refractivity contribution in [3.05, 3.63) is 53.1 Å². The van der Waals surface area contributed by atoms with Gasteiger partial charge in [-0.25, -0.2) is 0 Å². The van der Waals surface area contributed by atoms with E-state index in [1.807, 2.05) is 0 Å². The van der Waals surface area contributed by atoms with Crippen LogP contribution in [0.25, 0.3) is 0 Å². The lowest BCUT2D eigenvalue weighted by Crippen LogP contribution is -2.48. The van der Waals surface area contributed by atoms with Crippen LogP contribution in [0.2, 0.25) is 0 Å². The van der Waals surface area contributed by atoms with Crippen LogP contribution in [0.3, 0.4) is 0 Å².